The monoisotopic (exact) mass is 546 g/mol. The minimum absolute atomic E-state index is 0.00165. The van der Waals surface area contributed by atoms with Gasteiger partial charge in [0.1, 0.15) is 6.04 Å². The smallest absolute Gasteiger partial charge is 0.319 e. The van der Waals surface area contributed by atoms with E-state index in [9.17, 15) is 16.8 Å². The highest BCUT2D eigenvalue weighted by Crippen LogP contribution is 2.46. The van der Waals surface area contributed by atoms with Crippen molar-refractivity contribution in [3.05, 3.63) is 131 Å². The Morgan fingerprint density at radius 1 is 0.632 bits per heavy atom. The van der Waals surface area contributed by atoms with E-state index in [0.29, 0.717) is 11.1 Å². The zero-order chi connectivity index (χ0) is 26.9. The third-order valence-electron chi connectivity index (χ3n) is 6.32. The van der Waals surface area contributed by atoms with Crippen LogP contribution >= 0.6 is 0 Å². The van der Waals surface area contributed by atoms with E-state index in [1.54, 1.807) is 48.5 Å². The fourth-order valence-electron chi connectivity index (χ4n) is 4.33. The lowest BCUT2D eigenvalue weighted by Crippen LogP contribution is -2.36. The number of ether oxygens (including phenoxy) is 1. The summed E-state index contributed by atoms with van der Waals surface area (Å²) >= 11 is 0. The van der Waals surface area contributed by atoms with E-state index in [0.717, 1.165) is 15.4 Å². The van der Waals surface area contributed by atoms with Crippen LogP contribution in [0.5, 0.6) is 0 Å². The summed E-state index contributed by atoms with van der Waals surface area (Å²) in [4.78, 5) is -0.0620. The van der Waals surface area contributed by atoms with E-state index < -0.39 is 38.2 Å². The molecule has 1 aliphatic rings. The molecule has 1 aliphatic heterocycles. The Hall–Kier alpha value is -3.95. The van der Waals surface area contributed by atoms with Crippen LogP contribution in [0.4, 0.5) is 0 Å². The van der Waals surface area contributed by atoms with Crippen LogP contribution in [-0.2, 0) is 24.8 Å². The molecule has 4 aromatic rings. The Balaban J connectivity index is 1.74. The van der Waals surface area contributed by atoms with Crippen molar-refractivity contribution in [2.45, 2.75) is 35.8 Å². The van der Waals surface area contributed by atoms with Gasteiger partial charge in [0.2, 0.25) is 0 Å². The maximum absolute atomic E-state index is 14.2. The molecular weight excluding hydrogens is 520 g/mol. The molecule has 0 aromatic heterocycles. The topological polar surface area (TPSA) is 93.1 Å². The zero-order valence-electron chi connectivity index (χ0n) is 20.8. The van der Waals surface area contributed by atoms with Crippen LogP contribution in [0, 0.1) is 13.8 Å². The first-order valence-corrected chi connectivity index (χ1v) is 14.8. The molecule has 4 aromatic carbocycles. The van der Waals surface area contributed by atoms with Gasteiger partial charge in [-0.2, -0.15) is 8.42 Å². The van der Waals surface area contributed by atoms with Crippen molar-refractivity contribution in [3.8, 4) is 0 Å². The zero-order valence-corrected chi connectivity index (χ0v) is 22.4. The highest BCUT2D eigenvalue weighted by atomic mass is 32.2. The lowest BCUT2D eigenvalue weighted by molar-refractivity contribution is 0.200. The molecule has 2 atom stereocenters. The lowest BCUT2D eigenvalue weighted by atomic mass is 9.97. The van der Waals surface area contributed by atoms with Crippen molar-refractivity contribution in [3.63, 3.8) is 0 Å². The molecular formula is C29H26N2O5S2. The third kappa shape index (κ3) is 4.94. The molecule has 7 nitrogen and oxygen atoms in total. The number of benzene rings is 4. The van der Waals surface area contributed by atoms with Gasteiger partial charge in [-0.25, -0.2) is 12.7 Å². The fraction of sp³-hybridized carbons (Fsp3) is 0.138. The maximum atomic E-state index is 14.2. The van der Waals surface area contributed by atoms with Gasteiger partial charge in [-0.15, -0.1) is 4.40 Å². The van der Waals surface area contributed by atoms with Gasteiger partial charge in [0.25, 0.3) is 20.0 Å². The molecule has 0 saturated carbocycles. The number of hydrogen-bond donors (Lipinski definition) is 0. The number of sulfonamides is 2. The van der Waals surface area contributed by atoms with Gasteiger partial charge >= 0.3 is 6.02 Å². The van der Waals surface area contributed by atoms with Crippen LogP contribution in [0.1, 0.15) is 34.4 Å². The van der Waals surface area contributed by atoms with Crippen molar-refractivity contribution in [2.24, 2.45) is 4.40 Å². The molecule has 1 fully saturated rings. The predicted molar refractivity (Wildman–Crippen MR) is 145 cm³/mol. The Labute approximate surface area is 223 Å². The minimum Gasteiger partial charge on any atom is -0.453 e. The molecule has 0 unspecified atom stereocenters. The number of amidine groups is 1. The number of hydrogen-bond acceptors (Lipinski definition) is 5. The Bertz CT molecular complexity index is 1670. The standard InChI is InChI=1S/C29H26N2O5S2/c1-21-13-17-25(18-14-21)37(32,33)30-29-31(38(34,35)26-19-15-22(2)16-20-26)27(23-9-5-3-6-10-23)28(36-29)24-11-7-4-8-12-24/h3-20,27-28H,1-2H3/b30-29+/t27-,28-/m1/s1. The Morgan fingerprint density at radius 2 is 1.11 bits per heavy atom. The summed E-state index contributed by atoms with van der Waals surface area (Å²) in [6.07, 6.45) is -0.842. The largest absolute Gasteiger partial charge is 0.453 e. The molecule has 0 aliphatic carbocycles. The van der Waals surface area contributed by atoms with E-state index in [1.165, 1.54) is 24.3 Å². The summed E-state index contributed by atoms with van der Waals surface area (Å²) in [7, 11) is -8.59. The molecule has 0 N–H and O–H groups in total. The normalized spacial score (nSPS) is 18.9. The summed E-state index contributed by atoms with van der Waals surface area (Å²) in [5.74, 6) is 0. The molecule has 9 heteroatoms. The summed E-state index contributed by atoms with van der Waals surface area (Å²) in [6.45, 7) is 3.70. The Morgan fingerprint density at radius 3 is 1.63 bits per heavy atom. The van der Waals surface area contributed by atoms with Gasteiger partial charge in [-0.1, -0.05) is 96.1 Å². The second-order valence-corrected chi connectivity index (χ2v) is 12.5. The fourth-order valence-corrected chi connectivity index (χ4v) is 6.83. The van der Waals surface area contributed by atoms with Crippen LogP contribution in [0.15, 0.2) is 123 Å². The average molecular weight is 547 g/mol. The van der Waals surface area contributed by atoms with Crippen LogP contribution in [0.2, 0.25) is 0 Å². The van der Waals surface area contributed by atoms with E-state index in [2.05, 4.69) is 4.40 Å². The molecule has 1 saturated heterocycles. The van der Waals surface area contributed by atoms with E-state index in [-0.39, 0.29) is 9.79 Å². The molecule has 0 amide bonds. The first-order valence-electron chi connectivity index (χ1n) is 12.0. The van der Waals surface area contributed by atoms with E-state index >= 15 is 0 Å². The van der Waals surface area contributed by atoms with Crippen molar-refractivity contribution < 1.29 is 21.6 Å². The predicted octanol–water partition coefficient (Wildman–Crippen LogP) is 5.55. The second-order valence-electron chi connectivity index (χ2n) is 9.08. The first kappa shape index (κ1) is 25.7. The molecule has 0 radical (unpaired) electrons. The molecule has 5 rings (SSSR count). The highest BCUT2D eigenvalue weighted by Gasteiger charge is 2.49. The molecule has 1 heterocycles. The highest BCUT2D eigenvalue weighted by molar-refractivity contribution is 7.91. The maximum Gasteiger partial charge on any atom is 0.319 e. The lowest BCUT2D eigenvalue weighted by Gasteiger charge is -2.26. The number of aryl methyl sites for hydroxylation is 2. The molecule has 38 heavy (non-hydrogen) atoms. The number of nitrogens with zero attached hydrogens (tertiary/aromatic N) is 2. The van der Waals surface area contributed by atoms with Crippen LogP contribution in [0.3, 0.4) is 0 Å². The van der Waals surface area contributed by atoms with Gasteiger partial charge in [-0.3, -0.25) is 0 Å². The average Bonchev–Trinajstić information content (AvgIpc) is 3.29. The third-order valence-corrected chi connectivity index (χ3v) is 9.36. The summed E-state index contributed by atoms with van der Waals surface area (Å²) in [5, 5.41) is 0. The minimum atomic E-state index is -4.30. The van der Waals surface area contributed by atoms with Crippen molar-refractivity contribution in [1.29, 1.82) is 0 Å². The van der Waals surface area contributed by atoms with Crippen molar-refractivity contribution >= 4 is 26.1 Å². The van der Waals surface area contributed by atoms with Crippen molar-refractivity contribution in [1.82, 2.24) is 4.31 Å². The van der Waals surface area contributed by atoms with Gasteiger partial charge < -0.3 is 4.74 Å². The first-order chi connectivity index (χ1) is 18.2. The van der Waals surface area contributed by atoms with Crippen LogP contribution in [0.25, 0.3) is 0 Å². The van der Waals surface area contributed by atoms with Crippen LogP contribution in [-0.4, -0.2) is 27.2 Å². The quantitative estimate of drug-likeness (QED) is 0.316. The van der Waals surface area contributed by atoms with Gasteiger partial charge in [-0.05, 0) is 49.2 Å². The van der Waals surface area contributed by atoms with Gasteiger partial charge in [0, 0.05) is 0 Å². The molecule has 0 bridgehead atoms. The SMILES string of the molecule is Cc1ccc(S(=O)(=O)/N=C2/O[C@H](c3ccccc3)[C@@H](c3ccccc3)N2S(=O)(=O)c2ccc(C)cc2)cc1. The summed E-state index contributed by atoms with van der Waals surface area (Å²) in [5.41, 5.74) is 3.09. The number of rotatable bonds is 6. The van der Waals surface area contributed by atoms with Gasteiger partial charge in [0.05, 0.1) is 9.79 Å². The summed E-state index contributed by atoms with van der Waals surface area (Å²) in [6, 6.07) is 29.2. The van der Waals surface area contributed by atoms with Crippen LogP contribution < -0.4 is 0 Å². The summed E-state index contributed by atoms with van der Waals surface area (Å²) < 4.78 is 66.1. The van der Waals surface area contributed by atoms with E-state index in [4.69, 9.17) is 4.74 Å². The van der Waals surface area contributed by atoms with E-state index in [1.807, 2.05) is 50.2 Å². The Kier molecular flexibility index (Phi) is 6.81. The molecule has 0 spiro atoms. The van der Waals surface area contributed by atoms with Gasteiger partial charge in [0.15, 0.2) is 6.10 Å². The van der Waals surface area contributed by atoms with Crippen molar-refractivity contribution in [2.75, 3.05) is 0 Å². The molecule has 194 valence electrons. The second kappa shape index (κ2) is 10.1.